The van der Waals surface area contributed by atoms with E-state index in [9.17, 15) is 23.1 Å². The number of carbonyl (C=O) groups is 1. The SMILES string of the molecule is O=C(Cc1cn2ccsc2n1)NCC(O)COc1cccc(C(F)(F)F)c1. The molecule has 0 bridgehead atoms. The molecular formula is C17H16F3N3O3S. The fourth-order valence-corrected chi connectivity index (χ4v) is 3.05. The van der Waals surface area contributed by atoms with E-state index < -0.39 is 17.8 Å². The molecule has 0 aliphatic carbocycles. The molecule has 1 unspecified atom stereocenters. The summed E-state index contributed by atoms with van der Waals surface area (Å²) in [6.45, 7) is -0.332. The number of aliphatic hydroxyl groups excluding tert-OH is 1. The Kier molecular flexibility index (Phi) is 5.66. The Labute approximate surface area is 156 Å². The average molecular weight is 399 g/mol. The van der Waals surface area contributed by atoms with Crippen molar-refractivity contribution in [2.75, 3.05) is 13.2 Å². The van der Waals surface area contributed by atoms with E-state index in [0.717, 1.165) is 17.1 Å². The van der Waals surface area contributed by atoms with Gasteiger partial charge in [-0.05, 0) is 18.2 Å². The van der Waals surface area contributed by atoms with Gasteiger partial charge in [0.05, 0.1) is 17.7 Å². The van der Waals surface area contributed by atoms with Crippen molar-refractivity contribution in [3.63, 3.8) is 0 Å². The zero-order valence-electron chi connectivity index (χ0n) is 13.9. The third-order valence-corrected chi connectivity index (χ3v) is 4.39. The van der Waals surface area contributed by atoms with Crippen molar-refractivity contribution in [1.82, 2.24) is 14.7 Å². The summed E-state index contributed by atoms with van der Waals surface area (Å²) in [5.74, 6) is -0.327. The number of carbonyl (C=O) groups excluding carboxylic acids is 1. The van der Waals surface area contributed by atoms with Gasteiger partial charge in [-0.15, -0.1) is 11.3 Å². The van der Waals surface area contributed by atoms with E-state index in [-0.39, 0.29) is 31.2 Å². The highest BCUT2D eigenvalue weighted by molar-refractivity contribution is 7.15. The number of amides is 1. The van der Waals surface area contributed by atoms with E-state index in [1.165, 1.54) is 23.5 Å². The van der Waals surface area contributed by atoms with E-state index >= 15 is 0 Å². The van der Waals surface area contributed by atoms with Crippen molar-refractivity contribution in [2.45, 2.75) is 18.7 Å². The molecule has 0 spiro atoms. The van der Waals surface area contributed by atoms with Crippen LogP contribution in [0.1, 0.15) is 11.3 Å². The van der Waals surface area contributed by atoms with Gasteiger partial charge in [-0.25, -0.2) is 4.98 Å². The standard InChI is InChI=1S/C17H16F3N3O3S/c18-17(19,20)11-2-1-3-14(6-11)26-10-13(24)8-21-15(25)7-12-9-23-4-5-27-16(23)22-12/h1-6,9,13,24H,7-8,10H2,(H,21,25). The number of fused-ring (bicyclic) bond motifs is 1. The fraction of sp³-hybridized carbons (Fsp3) is 0.294. The van der Waals surface area contributed by atoms with Crippen LogP contribution in [0, 0.1) is 0 Å². The van der Waals surface area contributed by atoms with E-state index in [0.29, 0.717) is 5.69 Å². The Hall–Kier alpha value is -2.59. The lowest BCUT2D eigenvalue weighted by molar-refractivity contribution is -0.137. The van der Waals surface area contributed by atoms with Gasteiger partial charge in [0.1, 0.15) is 18.5 Å². The molecule has 0 saturated carbocycles. The van der Waals surface area contributed by atoms with Crippen molar-refractivity contribution >= 4 is 22.2 Å². The van der Waals surface area contributed by atoms with E-state index in [1.807, 2.05) is 16.0 Å². The van der Waals surface area contributed by atoms with E-state index in [1.54, 1.807) is 6.20 Å². The predicted molar refractivity (Wildman–Crippen MR) is 92.7 cm³/mol. The largest absolute Gasteiger partial charge is 0.491 e. The highest BCUT2D eigenvalue weighted by atomic mass is 32.1. The molecule has 0 aliphatic rings. The van der Waals surface area contributed by atoms with Crippen molar-refractivity contribution in [2.24, 2.45) is 0 Å². The summed E-state index contributed by atoms with van der Waals surface area (Å²) in [6, 6.07) is 4.38. The van der Waals surface area contributed by atoms with Gasteiger partial charge in [0.25, 0.3) is 0 Å². The third kappa shape index (κ3) is 5.20. The lowest BCUT2D eigenvalue weighted by Gasteiger charge is -2.14. The molecule has 0 radical (unpaired) electrons. The Morgan fingerprint density at radius 3 is 2.96 bits per heavy atom. The van der Waals surface area contributed by atoms with Crippen molar-refractivity contribution < 1.29 is 27.8 Å². The molecule has 0 aliphatic heterocycles. The summed E-state index contributed by atoms with van der Waals surface area (Å²) >= 11 is 1.45. The van der Waals surface area contributed by atoms with Crippen LogP contribution in [-0.2, 0) is 17.4 Å². The second-order valence-electron chi connectivity index (χ2n) is 5.80. The minimum Gasteiger partial charge on any atom is -0.491 e. The Morgan fingerprint density at radius 2 is 2.22 bits per heavy atom. The molecule has 2 N–H and O–H groups in total. The molecule has 1 atom stereocenters. The van der Waals surface area contributed by atoms with Gasteiger partial charge in [-0.2, -0.15) is 13.2 Å². The monoisotopic (exact) mass is 399 g/mol. The van der Waals surface area contributed by atoms with Crippen molar-refractivity contribution in [1.29, 1.82) is 0 Å². The number of benzene rings is 1. The van der Waals surface area contributed by atoms with Crippen LogP contribution >= 0.6 is 11.3 Å². The number of imidazole rings is 1. The molecule has 0 fully saturated rings. The Balaban J connectivity index is 1.43. The Bertz CT molecular complexity index is 894. The molecule has 2 aromatic heterocycles. The molecule has 6 nitrogen and oxygen atoms in total. The number of nitrogens with one attached hydrogen (secondary N) is 1. The average Bonchev–Trinajstić information content (AvgIpc) is 3.19. The summed E-state index contributed by atoms with van der Waals surface area (Å²) < 4.78 is 44.9. The first-order valence-electron chi connectivity index (χ1n) is 7.97. The van der Waals surface area contributed by atoms with Crippen LogP contribution in [0.25, 0.3) is 4.96 Å². The van der Waals surface area contributed by atoms with Crippen LogP contribution in [0.15, 0.2) is 42.0 Å². The number of thiazole rings is 1. The van der Waals surface area contributed by atoms with Crippen LogP contribution in [0.4, 0.5) is 13.2 Å². The number of hydrogen-bond acceptors (Lipinski definition) is 5. The predicted octanol–water partition coefficient (Wildman–Crippen LogP) is 2.51. The molecule has 0 saturated heterocycles. The second-order valence-corrected chi connectivity index (χ2v) is 6.67. The number of aliphatic hydroxyl groups is 1. The smallest absolute Gasteiger partial charge is 0.416 e. The van der Waals surface area contributed by atoms with Crippen LogP contribution in [0.3, 0.4) is 0 Å². The summed E-state index contributed by atoms with van der Waals surface area (Å²) in [6.07, 6.45) is -1.88. The van der Waals surface area contributed by atoms with Gasteiger partial charge in [0.2, 0.25) is 5.91 Å². The summed E-state index contributed by atoms with van der Waals surface area (Å²) in [7, 11) is 0. The molecule has 1 aromatic carbocycles. The fourth-order valence-electron chi connectivity index (χ4n) is 2.33. The topological polar surface area (TPSA) is 75.9 Å². The molecule has 3 aromatic rings. The maximum Gasteiger partial charge on any atom is 0.416 e. The van der Waals surface area contributed by atoms with Gasteiger partial charge < -0.3 is 15.2 Å². The summed E-state index contributed by atoms with van der Waals surface area (Å²) in [5.41, 5.74) is -0.225. The van der Waals surface area contributed by atoms with Gasteiger partial charge in [-0.3, -0.25) is 9.20 Å². The number of nitrogens with zero attached hydrogens (tertiary/aromatic N) is 2. The van der Waals surface area contributed by atoms with E-state index in [2.05, 4.69) is 10.3 Å². The molecule has 3 rings (SSSR count). The lowest BCUT2D eigenvalue weighted by Crippen LogP contribution is -2.36. The first-order chi connectivity index (χ1) is 12.8. The third-order valence-electron chi connectivity index (χ3n) is 3.62. The maximum atomic E-state index is 12.6. The van der Waals surface area contributed by atoms with Crippen LogP contribution in [-0.4, -0.2) is 39.7 Å². The number of halogens is 3. The molecule has 27 heavy (non-hydrogen) atoms. The van der Waals surface area contributed by atoms with Crippen LogP contribution < -0.4 is 10.1 Å². The minimum absolute atomic E-state index is 0.00622. The Morgan fingerprint density at radius 1 is 1.41 bits per heavy atom. The number of aromatic nitrogens is 2. The number of alkyl halides is 3. The zero-order chi connectivity index (χ0) is 19.4. The maximum absolute atomic E-state index is 12.6. The first-order valence-corrected chi connectivity index (χ1v) is 8.85. The van der Waals surface area contributed by atoms with Gasteiger partial charge in [0, 0.05) is 24.3 Å². The van der Waals surface area contributed by atoms with Crippen LogP contribution in [0.2, 0.25) is 0 Å². The molecule has 10 heteroatoms. The van der Waals surface area contributed by atoms with Gasteiger partial charge >= 0.3 is 6.18 Å². The van der Waals surface area contributed by atoms with Gasteiger partial charge in [-0.1, -0.05) is 6.07 Å². The highest BCUT2D eigenvalue weighted by Gasteiger charge is 2.30. The van der Waals surface area contributed by atoms with Crippen molar-refractivity contribution in [3.8, 4) is 5.75 Å². The highest BCUT2D eigenvalue weighted by Crippen LogP contribution is 2.31. The molecule has 144 valence electrons. The zero-order valence-corrected chi connectivity index (χ0v) is 14.8. The number of hydrogen-bond donors (Lipinski definition) is 2. The van der Waals surface area contributed by atoms with E-state index in [4.69, 9.17) is 4.74 Å². The minimum atomic E-state index is -4.46. The first kappa shape index (κ1) is 19.2. The second kappa shape index (κ2) is 7.97. The normalized spacial score (nSPS) is 12.9. The van der Waals surface area contributed by atoms with Gasteiger partial charge in [0.15, 0.2) is 4.96 Å². The van der Waals surface area contributed by atoms with Crippen LogP contribution in [0.5, 0.6) is 5.75 Å². The summed E-state index contributed by atoms with van der Waals surface area (Å²) in [5, 5.41) is 14.3. The quantitative estimate of drug-likeness (QED) is 0.640. The lowest BCUT2D eigenvalue weighted by atomic mass is 10.2. The molecule has 2 heterocycles. The number of rotatable bonds is 7. The molecular weight excluding hydrogens is 383 g/mol. The van der Waals surface area contributed by atoms with Crippen molar-refractivity contribution in [3.05, 3.63) is 53.3 Å². The molecule has 1 amide bonds. The number of ether oxygens (including phenoxy) is 1. The summed E-state index contributed by atoms with van der Waals surface area (Å²) in [4.78, 5) is 17.0.